The van der Waals surface area contributed by atoms with Gasteiger partial charge in [0.05, 0.1) is 16.8 Å². The van der Waals surface area contributed by atoms with Crippen LogP contribution < -0.4 is 16.6 Å². The Balaban J connectivity index is 1.73. The summed E-state index contributed by atoms with van der Waals surface area (Å²) < 4.78 is 41.3. The SMILES string of the molecule is Cn1c(NC[C@H](N)Cc2ccccc2)nc(-c2ccncc2)c(-c2cccc(C(F)(F)F)c2)c1=O. The Morgan fingerprint density at radius 1 is 1.00 bits per heavy atom. The van der Waals surface area contributed by atoms with Gasteiger partial charge in [-0.15, -0.1) is 0 Å². The minimum absolute atomic E-state index is 0.0731. The van der Waals surface area contributed by atoms with Crippen molar-refractivity contribution in [3.63, 3.8) is 0 Å². The summed E-state index contributed by atoms with van der Waals surface area (Å²) >= 11 is 0. The summed E-state index contributed by atoms with van der Waals surface area (Å²) in [4.78, 5) is 22.1. The van der Waals surface area contributed by atoms with E-state index in [1.54, 1.807) is 12.1 Å². The molecule has 3 N–H and O–H groups in total. The molecule has 4 rings (SSSR count). The molecule has 0 fully saturated rings. The molecular formula is C26H24F3N5O. The highest BCUT2D eigenvalue weighted by Crippen LogP contribution is 2.34. The summed E-state index contributed by atoms with van der Waals surface area (Å²) in [5.74, 6) is 0.265. The lowest BCUT2D eigenvalue weighted by molar-refractivity contribution is -0.137. The predicted molar refractivity (Wildman–Crippen MR) is 130 cm³/mol. The van der Waals surface area contributed by atoms with Crippen molar-refractivity contribution < 1.29 is 13.2 Å². The first-order valence-corrected chi connectivity index (χ1v) is 11.0. The molecule has 0 unspecified atom stereocenters. The van der Waals surface area contributed by atoms with Gasteiger partial charge in [-0.3, -0.25) is 14.3 Å². The maximum atomic E-state index is 13.4. The highest BCUT2D eigenvalue weighted by molar-refractivity contribution is 5.81. The predicted octanol–water partition coefficient (Wildman–Crippen LogP) is 4.51. The molecule has 0 amide bonds. The Morgan fingerprint density at radius 2 is 1.71 bits per heavy atom. The van der Waals surface area contributed by atoms with Gasteiger partial charge in [0.1, 0.15) is 0 Å². The van der Waals surface area contributed by atoms with Crippen LogP contribution in [0.1, 0.15) is 11.1 Å². The average Bonchev–Trinajstić information content (AvgIpc) is 2.85. The highest BCUT2D eigenvalue weighted by Gasteiger charge is 2.31. The number of hydrogen-bond acceptors (Lipinski definition) is 5. The monoisotopic (exact) mass is 479 g/mol. The van der Waals surface area contributed by atoms with Crippen LogP contribution in [0.5, 0.6) is 0 Å². The molecule has 2 heterocycles. The van der Waals surface area contributed by atoms with Crippen molar-refractivity contribution in [1.82, 2.24) is 14.5 Å². The van der Waals surface area contributed by atoms with Crippen LogP contribution in [0.3, 0.4) is 0 Å². The van der Waals surface area contributed by atoms with Gasteiger partial charge in [0, 0.05) is 37.6 Å². The zero-order valence-electron chi connectivity index (χ0n) is 19.0. The van der Waals surface area contributed by atoms with Crippen LogP contribution in [-0.2, 0) is 19.6 Å². The molecule has 0 saturated heterocycles. The van der Waals surface area contributed by atoms with Gasteiger partial charge in [0.25, 0.3) is 5.56 Å². The third-order valence-electron chi connectivity index (χ3n) is 5.59. The summed E-state index contributed by atoms with van der Waals surface area (Å²) in [6, 6.07) is 17.5. The quantitative estimate of drug-likeness (QED) is 0.407. The Hall–Kier alpha value is -3.98. The van der Waals surface area contributed by atoms with E-state index in [2.05, 4.69) is 15.3 Å². The number of benzene rings is 2. The van der Waals surface area contributed by atoms with E-state index in [4.69, 9.17) is 5.73 Å². The summed E-state index contributed by atoms with van der Waals surface area (Å²) in [7, 11) is 1.52. The average molecular weight is 480 g/mol. The standard InChI is InChI=1S/C26H24F3N5O/c1-34-24(35)22(19-8-5-9-20(15-19)26(27,28)29)23(18-10-12-31-13-11-18)33-25(34)32-16-21(30)14-17-6-3-2-4-7-17/h2-13,15,21H,14,16,30H2,1H3,(H,32,33)/t21-/m1/s1. The first-order chi connectivity index (χ1) is 16.7. The number of anilines is 1. The fourth-order valence-corrected chi connectivity index (χ4v) is 3.80. The van der Waals surface area contributed by atoms with E-state index >= 15 is 0 Å². The number of halogens is 3. The molecule has 2 aromatic carbocycles. The van der Waals surface area contributed by atoms with Gasteiger partial charge in [-0.1, -0.05) is 42.5 Å². The molecule has 2 aromatic heterocycles. The normalized spacial score (nSPS) is 12.4. The molecule has 0 spiro atoms. The highest BCUT2D eigenvalue weighted by atomic mass is 19.4. The molecule has 9 heteroatoms. The maximum Gasteiger partial charge on any atom is 0.416 e. The van der Waals surface area contributed by atoms with E-state index in [1.165, 1.54) is 36.1 Å². The topological polar surface area (TPSA) is 85.8 Å². The molecule has 0 saturated carbocycles. The van der Waals surface area contributed by atoms with Gasteiger partial charge in [-0.05, 0) is 41.8 Å². The molecule has 35 heavy (non-hydrogen) atoms. The van der Waals surface area contributed by atoms with Crippen LogP contribution in [0.15, 0.2) is 83.9 Å². The molecule has 0 aliphatic carbocycles. The third kappa shape index (κ3) is 5.58. The number of hydrogen-bond donors (Lipinski definition) is 2. The molecule has 0 aliphatic heterocycles. The number of alkyl halides is 3. The number of nitrogens with two attached hydrogens (primary N) is 1. The maximum absolute atomic E-state index is 13.4. The van der Waals surface area contributed by atoms with Crippen molar-refractivity contribution in [1.29, 1.82) is 0 Å². The molecule has 0 radical (unpaired) electrons. The molecule has 4 aromatic rings. The zero-order valence-corrected chi connectivity index (χ0v) is 19.0. The van der Waals surface area contributed by atoms with Crippen LogP contribution >= 0.6 is 0 Å². The molecule has 6 nitrogen and oxygen atoms in total. The van der Waals surface area contributed by atoms with E-state index in [0.29, 0.717) is 18.5 Å². The summed E-state index contributed by atoms with van der Waals surface area (Å²) in [5.41, 5.74) is 7.06. The van der Waals surface area contributed by atoms with E-state index in [0.717, 1.165) is 17.7 Å². The van der Waals surface area contributed by atoms with Crippen molar-refractivity contribution in [3.05, 3.63) is 101 Å². The number of nitrogens with one attached hydrogen (secondary N) is 1. The molecule has 1 atom stereocenters. The van der Waals surface area contributed by atoms with E-state index in [1.807, 2.05) is 30.3 Å². The Morgan fingerprint density at radius 3 is 2.40 bits per heavy atom. The van der Waals surface area contributed by atoms with Crippen LogP contribution in [0.4, 0.5) is 19.1 Å². The molecule has 0 bridgehead atoms. The van der Waals surface area contributed by atoms with Crippen molar-refractivity contribution in [3.8, 4) is 22.4 Å². The molecular weight excluding hydrogens is 455 g/mol. The number of rotatable bonds is 7. The minimum Gasteiger partial charge on any atom is -0.354 e. The number of pyridine rings is 1. The fraction of sp³-hybridized carbons (Fsp3) is 0.192. The smallest absolute Gasteiger partial charge is 0.354 e. The summed E-state index contributed by atoms with van der Waals surface area (Å²) in [6.45, 7) is 0.341. The van der Waals surface area contributed by atoms with Crippen molar-refractivity contribution in [2.24, 2.45) is 12.8 Å². The van der Waals surface area contributed by atoms with Gasteiger partial charge in [0.15, 0.2) is 0 Å². The minimum atomic E-state index is -4.54. The van der Waals surface area contributed by atoms with E-state index in [9.17, 15) is 18.0 Å². The molecule has 0 aliphatic rings. The van der Waals surface area contributed by atoms with Crippen LogP contribution in [0.2, 0.25) is 0 Å². The van der Waals surface area contributed by atoms with Crippen LogP contribution in [0.25, 0.3) is 22.4 Å². The first kappa shape index (κ1) is 24.2. The Labute approximate surface area is 200 Å². The zero-order chi connectivity index (χ0) is 25.0. The second-order valence-corrected chi connectivity index (χ2v) is 8.17. The summed E-state index contributed by atoms with van der Waals surface area (Å²) in [5, 5.41) is 3.13. The van der Waals surface area contributed by atoms with E-state index < -0.39 is 17.3 Å². The van der Waals surface area contributed by atoms with Crippen molar-refractivity contribution >= 4 is 5.95 Å². The second-order valence-electron chi connectivity index (χ2n) is 8.17. The van der Waals surface area contributed by atoms with Crippen molar-refractivity contribution in [2.75, 3.05) is 11.9 Å². The van der Waals surface area contributed by atoms with Crippen LogP contribution in [-0.4, -0.2) is 27.1 Å². The largest absolute Gasteiger partial charge is 0.416 e. The number of aromatic nitrogens is 3. The third-order valence-corrected chi connectivity index (χ3v) is 5.59. The van der Waals surface area contributed by atoms with Gasteiger partial charge < -0.3 is 11.1 Å². The summed E-state index contributed by atoms with van der Waals surface area (Å²) in [6.07, 6.45) is -0.843. The first-order valence-electron chi connectivity index (χ1n) is 11.0. The van der Waals surface area contributed by atoms with Gasteiger partial charge in [-0.25, -0.2) is 4.98 Å². The number of nitrogens with zero attached hydrogens (tertiary/aromatic N) is 3. The van der Waals surface area contributed by atoms with Gasteiger partial charge >= 0.3 is 6.18 Å². The lowest BCUT2D eigenvalue weighted by atomic mass is 9.99. The second kappa shape index (κ2) is 10.1. The lowest BCUT2D eigenvalue weighted by Crippen LogP contribution is -2.34. The molecule has 180 valence electrons. The lowest BCUT2D eigenvalue weighted by Gasteiger charge is -2.18. The Bertz CT molecular complexity index is 1360. The van der Waals surface area contributed by atoms with Gasteiger partial charge in [0.2, 0.25) is 5.95 Å². The fourth-order valence-electron chi connectivity index (χ4n) is 3.80. The van der Waals surface area contributed by atoms with Crippen LogP contribution in [0, 0.1) is 0 Å². The van der Waals surface area contributed by atoms with E-state index in [-0.39, 0.29) is 28.8 Å². The Kier molecular flexibility index (Phi) is 6.97. The van der Waals surface area contributed by atoms with Gasteiger partial charge in [-0.2, -0.15) is 13.2 Å². The van der Waals surface area contributed by atoms with Crippen molar-refractivity contribution in [2.45, 2.75) is 18.6 Å².